The molecule has 0 unspecified atom stereocenters. The molecule has 1 aromatic rings. The van der Waals surface area contributed by atoms with Crippen LogP contribution in [-0.2, 0) is 0 Å². The average Bonchev–Trinajstić information content (AvgIpc) is 2.45. The summed E-state index contributed by atoms with van der Waals surface area (Å²) in [7, 11) is 0. The van der Waals surface area contributed by atoms with Crippen molar-refractivity contribution in [2.45, 2.75) is 25.4 Å². The van der Waals surface area contributed by atoms with Crippen molar-refractivity contribution in [1.82, 2.24) is 15.2 Å². The highest BCUT2D eigenvalue weighted by Gasteiger charge is 2.16. The predicted octanol–water partition coefficient (Wildman–Crippen LogP) is 1.31. The number of aliphatic hydroxyl groups is 1. The van der Waals surface area contributed by atoms with E-state index in [1.807, 2.05) is 0 Å². The zero-order valence-corrected chi connectivity index (χ0v) is 12.1. The van der Waals surface area contributed by atoms with Crippen molar-refractivity contribution in [3.63, 3.8) is 0 Å². The molecule has 6 heteroatoms. The molecular formula is C14H20ClN3O2. The molecule has 1 saturated heterocycles. The van der Waals surface area contributed by atoms with Gasteiger partial charge < -0.3 is 15.3 Å². The van der Waals surface area contributed by atoms with E-state index in [1.165, 1.54) is 6.20 Å². The van der Waals surface area contributed by atoms with Gasteiger partial charge in [-0.05, 0) is 37.9 Å². The van der Waals surface area contributed by atoms with E-state index in [-0.39, 0.29) is 12.0 Å². The zero-order valence-electron chi connectivity index (χ0n) is 11.4. The van der Waals surface area contributed by atoms with Gasteiger partial charge in [-0.3, -0.25) is 9.78 Å². The van der Waals surface area contributed by atoms with E-state index in [1.54, 1.807) is 12.1 Å². The van der Waals surface area contributed by atoms with Gasteiger partial charge >= 0.3 is 0 Å². The summed E-state index contributed by atoms with van der Waals surface area (Å²) < 4.78 is 0. The molecule has 0 bridgehead atoms. The summed E-state index contributed by atoms with van der Waals surface area (Å²) in [4.78, 5) is 18.1. The highest BCUT2D eigenvalue weighted by Crippen LogP contribution is 2.10. The Bertz CT molecular complexity index is 448. The average molecular weight is 298 g/mol. The summed E-state index contributed by atoms with van der Waals surface area (Å²) in [5.74, 6) is -0.193. The number of carbonyl (C=O) groups is 1. The Hall–Kier alpha value is -1.17. The van der Waals surface area contributed by atoms with E-state index in [4.69, 9.17) is 11.6 Å². The number of likely N-dealkylation sites (tertiary alicyclic amines) is 1. The first kappa shape index (κ1) is 15.2. The van der Waals surface area contributed by atoms with Crippen LogP contribution in [0.5, 0.6) is 0 Å². The van der Waals surface area contributed by atoms with Gasteiger partial charge in [0.15, 0.2) is 0 Å². The topological polar surface area (TPSA) is 65.5 Å². The van der Waals surface area contributed by atoms with Gasteiger partial charge in [-0.15, -0.1) is 0 Å². The Morgan fingerprint density at radius 1 is 1.50 bits per heavy atom. The van der Waals surface area contributed by atoms with Gasteiger partial charge in [0.1, 0.15) is 5.69 Å². The normalized spacial score (nSPS) is 17.1. The fourth-order valence-electron chi connectivity index (χ4n) is 2.27. The highest BCUT2D eigenvalue weighted by atomic mass is 35.5. The van der Waals surface area contributed by atoms with E-state index in [0.29, 0.717) is 17.3 Å². The van der Waals surface area contributed by atoms with Crippen LogP contribution in [0.3, 0.4) is 0 Å². The van der Waals surface area contributed by atoms with Crippen molar-refractivity contribution in [3.05, 3.63) is 29.0 Å². The van der Waals surface area contributed by atoms with Gasteiger partial charge in [-0.2, -0.15) is 0 Å². The Labute approximate surface area is 123 Å². The molecular weight excluding hydrogens is 278 g/mol. The second-order valence-electron chi connectivity index (χ2n) is 5.04. The van der Waals surface area contributed by atoms with Crippen molar-refractivity contribution < 1.29 is 9.90 Å². The second kappa shape index (κ2) is 7.57. The Morgan fingerprint density at radius 2 is 2.25 bits per heavy atom. The number of halogens is 1. The Kier molecular flexibility index (Phi) is 5.76. The molecule has 110 valence electrons. The molecule has 1 aliphatic heterocycles. The third-order valence-electron chi connectivity index (χ3n) is 3.45. The summed E-state index contributed by atoms with van der Waals surface area (Å²) in [6.07, 6.45) is 3.97. The van der Waals surface area contributed by atoms with Crippen LogP contribution in [-0.4, -0.2) is 53.2 Å². The summed E-state index contributed by atoms with van der Waals surface area (Å²) in [5.41, 5.74) is 0.346. The van der Waals surface area contributed by atoms with Gasteiger partial charge in [0.05, 0.1) is 6.10 Å². The lowest BCUT2D eigenvalue weighted by atomic mass is 10.1. The molecule has 2 N–H and O–H groups in total. The van der Waals surface area contributed by atoms with Crippen molar-refractivity contribution in [3.8, 4) is 0 Å². The number of piperidine rings is 1. The monoisotopic (exact) mass is 297 g/mol. The summed E-state index contributed by atoms with van der Waals surface area (Å²) in [6.45, 7) is 3.43. The molecule has 2 heterocycles. The van der Waals surface area contributed by atoms with Gasteiger partial charge in [-0.1, -0.05) is 11.6 Å². The van der Waals surface area contributed by atoms with E-state index in [9.17, 15) is 9.90 Å². The first-order valence-electron chi connectivity index (χ1n) is 6.95. The molecule has 0 atom stereocenters. The zero-order chi connectivity index (χ0) is 14.4. The number of aliphatic hydroxyl groups excluding tert-OH is 1. The third kappa shape index (κ3) is 4.74. The van der Waals surface area contributed by atoms with Gasteiger partial charge in [0.25, 0.3) is 5.91 Å². The Balaban J connectivity index is 1.64. The molecule has 0 aliphatic carbocycles. The van der Waals surface area contributed by atoms with Gasteiger partial charge in [0, 0.05) is 30.9 Å². The second-order valence-corrected chi connectivity index (χ2v) is 5.48. The number of nitrogens with one attached hydrogen (secondary N) is 1. The van der Waals surface area contributed by atoms with E-state index in [2.05, 4.69) is 15.2 Å². The fourth-order valence-corrected chi connectivity index (χ4v) is 2.43. The number of aromatic nitrogens is 1. The smallest absolute Gasteiger partial charge is 0.269 e. The molecule has 0 saturated carbocycles. The van der Waals surface area contributed by atoms with Crippen molar-refractivity contribution in [1.29, 1.82) is 0 Å². The summed E-state index contributed by atoms with van der Waals surface area (Å²) in [6, 6.07) is 3.20. The molecule has 2 rings (SSSR count). The maximum Gasteiger partial charge on any atom is 0.269 e. The maximum absolute atomic E-state index is 11.8. The number of rotatable bonds is 5. The fraction of sp³-hybridized carbons (Fsp3) is 0.571. The minimum absolute atomic E-state index is 0.139. The lowest BCUT2D eigenvalue weighted by Gasteiger charge is -2.29. The predicted molar refractivity (Wildman–Crippen MR) is 77.9 cm³/mol. The van der Waals surface area contributed by atoms with E-state index < -0.39 is 0 Å². The van der Waals surface area contributed by atoms with E-state index in [0.717, 1.165) is 38.9 Å². The quantitative estimate of drug-likeness (QED) is 0.804. The number of pyridine rings is 1. The van der Waals surface area contributed by atoms with Crippen molar-refractivity contribution >= 4 is 17.5 Å². The van der Waals surface area contributed by atoms with Crippen LogP contribution in [0.4, 0.5) is 0 Å². The molecule has 5 nitrogen and oxygen atoms in total. The number of amides is 1. The first-order valence-corrected chi connectivity index (χ1v) is 7.33. The van der Waals surface area contributed by atoms with Gasteiger partial charge in [0.2, 0.25) is 0 Å². The molecule has 0 aromatic carbocycles. The van der Waals surface area contributed by atoms with Crippen LogP contribution in [0.25, 0.3) is 0 Å². The lowest BCUT2D eigenvalue weighted by Crippen LogP contribution is -2.37. The summed E-state index contributed by atoms with van der Waals surface area (Å²) >= 11 is 5.82. The number of hydrogen-bond acceptors (Lipinski definition) is 4. The third-order valence-corrected chi connectivity index (χ3v) is 3.68. The minimum Gasteiger partial charge on any atom is -0.393 e. The minimum atomic E-state index is -0.193. The SMILES string of the molecule is O=C(NCCCN1CCC(O)CC1)c1cc(Cl)ccn1. The molecule has 1 aromatic heterocycles. The molecule has 0 spiro atoms. The number of nitrogens with zero attached hydrogens (tertiary/aromatic N) is 2. The number of carbonyl (C=O) groups excluding carboxylic acids is 1. The van der Waals surface area contributed by atoms with Crippen LogP contribution < -0.4 is 5.32 Å². The van der Waals surface area contributed by atoms with Crippen molar-refractivity contribution in [2.75, 3.05) is 26.2 Å². The highest BCUT2D eigenvalue weighted by molar-refractivity contribution is 6.30. The van der Waals surface area contributed by atoms with Crippen LogP contribution in [0, 0.1) is 0 Å². The maximum atomic E-state index is 11.8. The molecule has 1 aliphatic rings. The first-order chi connectivity index (χ1) is 9.65. The Morgan fingerprint density at radius 3 is 2.95 bits per heavy atom. The molecule has 1 amide bonds. The van der Waals surface area contributed by atoms with Crippen LogP contribution >= 0.6 is 11.6 Å². The molecule has 1 fully saturated rings. The standard InChI is InChI=1S/C14H20ClN3O2/c15-11-2-6-16-13(10-11)14(20)17-5-1-7-18-8-3-12(19)4-9-18/h2,6,10,12,19H,1,3-5,7-9H2,(H,17,20). The van der Waals surface area contributed by atoms with Crippen molar-refractivity contribution in [2.24, 2.45) is 0 Å². The van der Waals surface area contributed by atoms with E-state index >= 15 is 0 Å². The summed E-state index contributed by atoms with van der Waals surface area (Å²) in [5, 5.41) is 12.8. The van der Waals surface area contributed by atoms with Crippen LogP contribution in [0.2, 0.25) is 5.02 Å². The largest absolute Gasteiger partial charge is 0.393 e. The lowest BCUT2D eigenvalue weighted by molar-refractivity contribution is 0.0816. The molecule has 20 heavy (non-hydrogen) atoms. The van der Waals surface area contributed by atoms with Crippen LogP contribution in [0.1, 0.15) is 29.8 Å². The number of hydrogen-bond donors (Lipinski definition) is 2. The van der Waals surface area contributed by atoms with Gasteiger partial charge in [-0.25, -0.2) is 0 Å². The molecule has 0 radical (unpaired) electrons. The van der Waals surface area contributed by atoms with Crippen LogP contribution in [0.15, 0.2) is 18.3 Å².